The van der Waals surface area contributed by atoms with E-state index in [2.05, 4.69) is 22.5 Å². The molecule has 2 aromatic rings. The lowest BCUT2D eigenvalue weighted by molar-refractivity contribution is -0.120. The van der Waals surface area contributed by atoms with Crippen LogP contribution >= 0.6 is 0 Å². The van der Waals surface area contributed by atoms with Gasteiger partial charge in [0.15, 0.2) is 0 Å². The molecule has 1 unspecified atom stereocenters. The standard InChI is InChI=1S/C22H26N4O3/c1-3-16(2)29-19-7-5-4-6-17(19)8-11-21(27)25-18-9-10-20(24-14-18)26-13-12-23-22(28)15-26/h4-11,14,16H,3,12-13,15H2,1-2H3,(H,23,28)(H,25,27). The van der Waals surface area contributed by atoms with E-state index in [9.17, 15) is 9.59 Å². The molecule has 7 heteroatoms. The number of ether oxygens (including phenoxy) is 1. The maximum atomic E-state index is 12.3. The maximum absolute atomic E-state index is 12.3. The van der Waals surface area contributed by atoms with Crippen LogP contribution in [0.2, 0.25) is 0 Å². The third-order valence-corrected chi connectivity index (χ3v) is 4.61. The fourth-order valence-corrected chi connectivity index (χ4v) is 2.86. The number of anilines is 2. The van der Waals surface area contributed by atoms with Crippen molar-refractivity contribution < 1.29 is 14.3 Å². The molecule has 0 saturated carbocycles. The summed E-state index contributed by atoms with van der Waals surface area (Å²) in [5, 5.41) is 5.58. The second-order valence-corrected chi connectivity index (χ2v) is 6.87. The average molecular weight is 394 g/mol. The molecular weight excluding hydrogens is 368 g/mol. The molecule has 2 N–H and O–H groups in total. The summed E-state index contributed by atoms with van der Waals surface area (Å²) < 4.78 is 5.90. The lowest BCUT2D eigenvalue weighted by Gasteiger charge is -2.27. The number of amides is 2. The van der Waals surface area contributed by atoms with Crippen LogP contribution in [0.1, 0.15) is 25.8 Å². The first kappa shape index (κ1) is 20.4. The predicted octanol–water partition coefficient (Wildman–Crippen LogP) is 2.85. The smallest absolute Gasteiger partial charge is 0.248 e. The summed E-state index contributed by atoms with van der Waals surface area (Å²) in [6.45, 7) is 5.69. The van der Waals surface area contributed by atoms with E-state index in [1.807, 2.05) is 36.1 Å². The number of rotatable bonds is 7. The van der Waals surface area contributed by atoms with E-state index in [0.29, 0.717) is 31.1 Å². The number of hydrogen-bond acceptors (Lipinski definition) is 5. The van der Waals surface area contributed by atoms with Crippen LogP contribution in [0.25, 0.3) is 6.08 Å². The first-order chi connectivity index (χ1) is 14.0. The van der Waals surface area contributed by atoms with Crippen molar-refractivity contribution in [3.8, 4) is 5.75 Å². The number of nitrogens with zero attached hydrogens (tertiary/aromatic N) is 2. The Kier molecular flexibility index (Phi) is 6.84. The van der Waals surface area contributed by atoms with E-state index in [4.69, 9.17) is 4.74 Å². The average Bonchev–Trinajstić information content (AvgIpc) is 2.73. The minimum Gasteiger partial charge on any atom is -0.490 e. The fourth-order valence-electron chi connectivity index (χ4n) is 2.86. The van der Waals surface area contributed by atoms with E-state index < -0.39 is 0 Å². The molecular formula is C22H26N4O3. The number of hydrogen-bond donors (Lipinski definition) is 2. The Labute approximate surface area is 170 Å². The van der Waals surface area contributed by atoms with E-state index in [0.717, 1.165) is 17.7 Å². The zero-order valence-corrected chi connectivity index (χ0v) is 16.7. The van der Waals surface area contributed by atoms with Gasteiger partial charge in [-0.3, -0.25) is 9.59 Å². The first-order valence-corrected chi connectivity index (χ1v) is 9.77. The molecule has 1 aliphatic heterocycles. The van der Waals surface area contributed by atoms with Gasteiger partial charge < -0.3 is 20.3 Å². The highest BCUT2D eigenvalue weighted by molar-refractivity contribution is 6.02. The van der Waals surface area contributed by atoms with Gasteiger partial charge in [-0.05, 0) is 37.6 Å². The highest BCUT2D eigenvalue weighted by Gasteiger charge is 2.17. The summed E-state index contributed by atoms with van der Waals surface area (Å²) in [5.74, 6) is 1.19. The summed E-state index contributed by atoms with van der Waals surface area (Å²) in [6, 6.07) is 11.2. The Balaban J connectivity index is 1.60. The van der Waals surface area contributed by atoms with Gasteiger partial charge in [0.05, 0.1) is 24.5 Å². The SMILES string of the molecule is CCC(C)Oc1ccccc1C=CC(=O)Nc1ccc(N2CCNC(=O)C2)nc1. The molecule has 152 valence electrons. The largest absolute Gasteiger partial charge is 0.490 e. The summed E-state index contributed by atoms with van der Waals surface area (Å²) in [5.41, 5.74) is 1.44. The molecule has 3 rings (SSSR count). The topological polar surface area (TPSA) is 83.6 Å². The van der Waals surface area contributed by atoms with Crippen LogP contribution in [0, 0.1) is 0 Å². The second-order valence-electron chi connectivity index (χ2n) is 6.87. The Morgan fingerprint density at radius 2 is 2.17 bits per heavy atom. The molecule has 0 radical (unpaired) electrons. The van der Waals surface area contributed by atoms with Crippen LogP contribution in [-0.2, 0) is 9.59 Å². The van der Waals surface area contributed by atoms with Gasteiger partial charge in [0.2, 0.25) is 11.8 Å². The molecule has 1 aliphatic rings. The maximum Gasteiger partial charge on any atom is 0.248 e. The molecule has 1 atom stereocenters. The van der Waals surface area contributed by atoms with Gasteiger partial charge in [0.1, 0.15) is 11.6 Å². The Morgan fingerprint density at radius 1 is 1.34 bits per heavy atom. The highest BCUT2D eigenvalue weighted by atomic mass is 16.5. The van der Waals surface area contributed by atoms with Gasteiger partial charge in [-0.2, -0.15) is 0 Å². The molecule has 1 fully saturated rings. The van der Waals surface area contributed by atoms with Crippen LogP contribution in [-0.4, -0.2) is 42.5 Å². The van der Waals surface area contributed by atoms with Crippen LogP contribution in [0.4, 0.5) is 11.5 Å². The normalized spacial score (nSPS) is 15.1. The van der Waals surface area contributed by atoms with Gasteiger partial charge in [0.25, 0.3) is 0 Å². The summed E-state index contributed by atoms with van der Waals surface area (Å²) >= 11 is 0. The van der Waals surface area contributed by atoms with Crippen molar-refractivity contribution in [2.75, 3.05) is 29.9 Å². The van der Waals surface area contributed by atoms with Crippen molar-refractivity contribution in [2.24, 2.45) is 0 Å². The first-order valence-electron chi connectivity index (χ1n) is 9.77. The lowest BCUT2D eigenvalue weighted by atomic mass is 10.2. The number of para-hydroxylation sites is 1. The van der Waals surface area contributed by atoms with Gasteiger partial charge >= 0.3 is 0 Å². The van der Waals surface area contributed by atoms with Crippen LogP contribution < -0.4 is 20.3 Å². The monoisotopic (exact) mass is 394 g/mol. The summed E-state index contributed by atoms with van der Waals surface area (Å²) in [7, 11) is 0. The molecule has 1 aromatic carbocycles. The molecule has 0 spiro atoms. The van der Waals surface area contributed by atoms with Crippen molar-refractivity contribution >= 4 is 29.4 Å². The summed E-state index contributed by atoms with van der Waals surface area (Å²) in [4.78, 5) is 30.0. The fraction of sp³-hybridized carbons (Fsp3) is 0.318. The van der Waals surface area contributed by atoms with Gasteiger partial charge in [-0.15, -0.1) is 0 Å². The quantitative estimate of drug-likeness (QED) is 0.706. The number of carbonyl (C=O) groups excluding carboxylic acids is 2. The Hall–Kier alpha value is -3.35. The minimum atomic E-state index is -0.254. The van der Waals surface area contributed by atoms with Crippen LogP contribution in [0.5, 0.6) is 5.75 Å². The van der Waals surface area contributed by atoms with Crippen molar-refractivity contribution in [2.45, 2.75) is 26.4 Å². The predicted molar refractivity (Wildman–Crippen MR) is 114 cm³/mol. The Morgan fingerprint density at radius 3 is 2.90 bits per heavy atom. The number of benzene rings is 1. The molecule has 0 aliphatic carbocycles. The van der Waals surface area contributed by atoms with Gasteiger partial charge in [-0.25, -0.2) is 4.98 Å². The molecule has 1 aromatic heterocycles. The van der Waals surface area contributed by atoms with Crippen molar-refractivity contribution in [1.82, 2.24) is 10.3 Å². The van der Waals surface area contributed by atoms with Crippen molar-refractivity contribution in [3.05, 3.63) is 54.2 Å². The molecule has 29 heavy (non-hydrogen) atoms. The zero-order valence-electron chi connectivity index (χ0n) is 16.7. The third-order valence-electron chi connectivity index (χ3n) is 4.61. The summed E-state index contributed by atoms with van der Waals surface area (Å²) in [6.07, 6.45) is 5.81. The highest BCUT2D eigenvalue weighted by Crippen LogP contribution is 2.21. The number of aromatic nitrogens is 1. The lowest BCUT2D eigenvalue weighted by Crippen LogP contribution is -2.48. The van der Waals surface area contributed by atoms with Crippen molar-refractivity contribution in [3.63, 3.8) is 0 Å². The van der Waals surface area contributed by atoms with E-state index >= 15 is 0 Å². The minimum absolute atomic E-state index is 0.0156. The zero-order chi connectivity index (χ0) is 20.6. The third kappa shape index (κ3) is 5.81. The number of nitrogens with one attached hydrogen (secondary N) is 2. The number of pyridine rings is 1. The van der Waals surface area contributed by atoms with E-state index in [1.165, 1.54) is 6.08 Å². The van der Waals surface area contributed by atoms with Crippen molar-refractivity contribution in [1.29, 1.82) is 0 Å². The molecule has 2 heterocycles. The van der Waals surface area contributed by atoms with Gasteiger partial charge in [-0.1, -0.05) is 25.1 Å². The van der Waals surface area contributed by atoms with Gasteiger partial charge in [0, 0.05) is 24.7 Å². The Bertz CT molecular complexity index is 880. The second kappa shape index (κ2) is 9.73. The van der Waals surface area contributed by atoms with E-state index in [1.54, 1.807) is 24.4 Å². The molecule has 7 nitrogen and oxygen atoms in total. The number of carbonyl (C=O) groups is 2. The molecule has 2 amide bonds. The molecule has 0 bridgehead atoms. The molecule has 1 saturated heterocycles. The number of piperazine rings is 1. The van der Waals surface area contributed by atoms with Crippen LogP contribution in [0.3, 0.4) is 0 Å². The van der Waals surface area contributed by atoms with E-state index in [-0.39, 0.29) is 17.9 Å². The van der Waals surface area contributed by atoms with Crippen LogP contribution in [0.15, 0.2) is 48.7 Å².